The zero-order chi connectivity index (χ0) is 11.5. The fourth-order valence-electron chi connectivity index (χ4n) is 1.38. The molecule has 3 nitrogen and oxygen atoms in total. The topological polar surface area (TPSA) is 29.0 Å². The van der Waals surface area contributed by atoms with Crippen molar-refractivity contribution >= 4 is 29.2 Å². The third-order valence-electron chi connectivity index (χ3n) is 2.21. The second kappa shape index (κ2) is 4.84. The molecule has 0 radical (unpaired) electrons. The summed E-state index contributed by atoms with van der Waals surface area (Å²) in [4.78, 5) is 8.64. The Morgan fingerprint density at radius 3 is 2.94 bits per heavy atom. The minimum atomic E-state index is 0.860. The predicted octanol–water partition coefficient (Wildman–Crippen LogP) is 3.18. The molecule has 84 valence electrons. The maximum Gasteiger partial charge on any atom is 0.127 e. The van der Waals surface area contributed by atoms with Gasteiger partial charge in [-0.3, -0.25) is 4.98 Å². The number of aryl methyl sites for hydroxylation is 1. The van der Waals surface area contributed by atoms with Crippen molar-refractivity contribution < 1.29 is 0 Å². The summed E-state index contributed by atoms with van der Waals surface area (Å²) in [5, 5.41) is 2.10. The first-order valence-electron chi connectivity index (χ1n) is 5.06. The maximum absolute atomic E-state index is 4.54. The Morgan fingerprint density at radius 2 is 2.31 bits per heavy atom. The van der Waals surface area contributed by atoms with E-state index in [-0.39, 0.29) is 0 Å². The van der Waals surface area contributed by atoms with E-state index < -0.39 is 0 Å². The van der Waals surface area contributed by atoms with Gasteiger partial charge in [0.2, 0.25) is 0 Å². The Labute approximate surface area is 105 Å². The van der Waals surface area contributed by atoms with E-state index in [1.165, 1.54) is 0 Å². The van der Waals surface area contributed by atoms with E-state index in [1.807, 2.05) is 29.6 Å². The summed E-state index contributed by atoms with van der Waals surface area (Å²) in [6, 6.07) is 3.94. The Balaban J connectivity index is 2.38. The summed E-state index contributed by atoms with van der Waals surface area (Å²) in [5.41, 5.74) is 2.07. The molecule has 0 aromatic carbocycles. The molecule has 2 aromatic rings. The lowest BCUT2D eigenvalue weighted by atomic mass is 10.3. The molecule has 0 saturated carbocycles. The molecular weight excluding hydrogens is 238 g/mol. The molecule has 0 aliphatic heterocycles. The largest absolute Gasteiger partial charge is 0.309 e. The van der Waals surface area contributed by atoms with Crippen LogP contribution in [0.15, 0.2) is 24.5 Å². The van der Waals surface area contributed by atoms with Gasteiger partial charge >= 0.3 is 0 Å². The molecule has 0 unspecified atom stereocenters. The molecule has 5 heteroatoms. The molecule has 2 aromatic heterocycles. The van der Waals surface area contributed by atoms with E-state index in [2.05, 4.69) is 29.7 Å². The predicted molar refractivity (Wildman–Crippen MR) is 72.1 cm³/mol. The second-order valence-corrected chi connectivity index (χ2v) is 4.83. The van der Waals surface area contributed by atoms with E-state index >= 15 is 0 Å². The highest BCUT2D eigenvalue weighted by atomic mass is 32.1. The molecular formula is C11H13N3S2. The van der Waals surface area contributed by atoms with Crippen LogP contribution in [0.2, 0.25) is 0 Å². The van der Waals surface area contributed by atoms with Gasteiger partial charge in [-0.05, 0) is 26.0 Å². The molecule has 0 spiro atoms. The van der Waals surface area contributed by atoms with Crippen molar-refractivity contribution in [3.63, 3.8) is 0 Å². The average Bonchev–Trinajstić information content (AvgIpc) is 2.71. The van der Waals surface area contributed by atoms with Gasteiger partial charge in [0.15, 0.2) is 0 Å². The molecule has 0 aliphatic rings. The van der Waals surface area contributed by atoms with E-state index in [4.69, 9.17) is 0 Å². The first kappa shape index (κ1) is 11.4. The zero-order valence-corrected chi connectivity index (χ0v) is 10.9. The van der Waals surface area contributed by atoms with Crippen LogP contribution in [0.25, 0.3) is 10.6 Å². The van der Waals surface area contributed by atoms with Crippen molar-refractivity contribution in [2.45, 2.75) is 13.8 Å². The average molecular weight is 251 g/mol. The highest BCUT2D eigenvalue weighted by molar-refractivity contribution is 7.82. The summed E-state index contributed by atoms with van der Waals surface area (Å²) >= 11 is 6.05. The minimum absolute atomic E-state index is 0.860. The number of hydrogen-bond acceptors (Lipinski definition) is 5. The number of thiol groups is 1. The molecule has 0 amide bonds. The lowest BCUT2D eigenvalue weighted by molar-refractivity contribution is 1.11. The van der Waals surface area contributed by atoms with Crippen LogP contribution >= 0.6 is 24.2 Å². The van der Waals surface area contributed by atoms with Crippen molar-refractivity contribution in [2.75, 3.05) is 10.8 Å². The van der Waals surface area contributed by atoms with Crippen LogP contribution in [0.5, 0.6) is 0 Å². The Hall–Kier alpha value is -1.07. The quantitative estimate of drug-likeness (QED) is 0.849. The lowest BCUT2D eigenvalue weighted by Crippen LogP contribution is -2.07. The van der Waals surface area contributed by atoms with Gasteiger partial charge in [-0.15, -0.1) is 0 Å². The molecule has 2 rings (SSSR count). The van der Waals surface area contributed by atoms with Crippen LogP contribution in [0.1, 0.15) is 12.6 Å². The maximum atomic E-state index is 4.54. The number of nitrogens with zero attached hydrogens (tertiary/aromatic N) is 3. The summed E-state index contributed by atoms with van der Waals surface area (Å²) in [7, 11) is 0. The summed E-state index contributed by atoms with van der Waals surface area (Å²) in [5.74, 6) is 0. The Kier molecular flexibility index (Phi) is 3.46. The van der Waals surface area contributed by atoms with Crippen LogP contribution in [0.4, 0.5) is 5.00 Å². The number of pyridine rings is 1. The van der Waals surface area contributed by atoms with Crippen LogP contribution in [-0.2, 0) is 0 Å². The molecule has 0 aliphatic carbocycles. The number of hydrogen-bond donors (Lipinski definition) is 1. The van der Waals surface area contributed by atoms with Gasteiger partial charge in [0.05, 0.1) is 5.69 Å². The van der Waals surface area contributed by atoms with E-state index in [0.717, 1.165) is 27.8 Å². The van der Waals surface area contributed by atoms with Crippen LogP contribution in [-0.4, -0.2) is 16.5 Å². The standard InChI is InChI=1S/C11H13N3S2/c1-3-14(15)11-8(2)13-10(16-11)9-5-4-6-12-7-9/h4-7,15H,3H2,1-2H3. The Bertz CT molecular complexity index is 467. The van der Waals surface area contributed by atoms with Crippen LogP contribution in [0.3, 0.4) is 0 Å². The van der Waals surface area contributed by atoms with E-state index in [0.29, 0.717) is 0 Å². The van der Waals surface area contributed by atoms with Crippen LogP contribution in [0, 0.1) is 6.92 Å². The van der Waals surface area contributed by atoms with Crippen molar-refractivity contribution in [2.24, 2.45) is 0 Å². The molecule has 0 fully saturated rings. The van der Waals surface area contributed by atoms with Gasteiger partial charge < -0.3 is 4.31 Å². The van der Waals surface area contributed by atoms with Crippen molar-refractivity contribution in [3.05, 3.63) is 30.2 Å². The van der Waals surface area contributed by atoms with E-state index in [9.17, 15) is 0 Å². The summed E-state index contributed by atoms with van der Waals surface area (Å²) < 4.78 is 1.91. The normalized spacial score (nSPS) is 10.4. The number of aromatic nitrogens is 2. The molecule has 2 heterocycles. The second-order valence-electron chi connectivity index (χ2n) is 3.37. The smallest absolute Gasteiger partial charge is 0.127 e. The molecule has 0 atom stereocenters. The monoisotopic (exact) mass is 251 g/mol. The fourth-order valence-corrected chi connectivity index (χ4v) is 2.68. The first-order chi connectivity index (χ1) is 7.72. The van der Waals surface area contributed by atoms with Gasteiger partial charge in [-0.2, -0.15) is 0 Å². The lowest BCUT2D eigenvalue weighted by Gasteiger charge is -2.11. The van der Waals surface area contributed by atoms with Gasteiger partial charge in [0, 0.05) is 24.5 Å². The molecule has 0 bridgehead atoms. The van der Waals surface area contributed by atoms with Gasteiger partial charge in [-0.1, -0.05) is 24.2 Å². The third-order valence-corrected chi connectivity index (χ3v) is 4.06. The minimum Gasteiger partial charge on any atom is -0.309 e. The third kappa shape index (κ3) is 2.20. The molecule has 16 heavy (non-hydrogen) atoms. The van der Waals surface area contributed by atoms with Gasteiger partial charge in [0.25, 0.3) is 0 Å². The van der Waals surface area contributed by atoms with Gasteiger partial charge in [-0.25, -0.2) is 4.98 Å². The van der Waals surface area contributed by atoms with Crippen molar-refractivity contribution in [1.29, 1.82) is 0 Å². The highest BCUT2D eigenvalue weighted by Gasteiger charge is 2.12. The molecule has 0 saturated heterocycles. The first-order valence-corrected chi connectivity index (χ1v) is 6.28. The number of thiazole rings is 1. The van der Waals surface area contributed by atoms with Crippen molar-refractivity contribution in [3.8, 4) is 10.6 Å². The Morgan fingerprint density at radius 1 is 1.50 bits per heavy atom. The SMILES string of the molecule is CCN(S)c1sc(-c2cccnc2)nc1C. The molecule has 0 N–H and O–H groups in total. The highest BCUT2D eigenvalue weighted by Crippen LogP contribution is 2.34. The summed E-state index contributed by atoms with van der Waals surface area (Å²) in [6.07, 6.45) is 3.60. The van der Waals surface area contributed by atoms with Gasteiger partial charge in [0.1, 0.15) is 10.0 Å². The van der Waals surface area contributed by atoms with Crippen molar-refractivity contribution in [1.82, 2.24) is 9.97 Å². The number of anilines is 1. The number of rotatable bonds is 3. The van der Waals surface area contributed by atoms with E-state index in [1.54, 1.807) is 17.5 Å². The zero-order valence-electron chi connectivity index (χ0n) is 9.21. The fraction of sp³-hybridized carbons (Fsp3) is 0.273. The van der Waals surface area contributed by atoms with Crippen LogP contribution < -0.4 is 4.31 Å². The summed E-state index contributed by atoms with van der Waals surface area (Å²) in [6.45, 7) is 4.93.